The Hall–Kier alpha value is -2.99. The first-order valence-corrected chi connectivity index (χ1v) is 9.25. The van der Waals surface area contributed by atoms with Gasteiger partial charge in [0.25, 0.3) is 0 Å². The fourth-order valence-electron chi connectivity index (χ4n) is 3.48. The number of carbonyl (C=O) groups is 1. The molecule has 0 radical (unpaired) electrons. The summed E-state index contributed by atoms with van der Waals surface area (Å²) in [4.78, 5) is 22.4. The van der Waals surface area contributed by atoms with Crippen molar-refractivity contribution in [2.75, 3.05) is 6.61 Å². The zero-order valence-electron chi connectivity index (χ0n) is 15.9. The second-order valence-electron chi connectivity index (χ2n) is 6.88. The normalized spacial score (nSPS) is 30.9. The minimum Gasteiger partial charge on any atom is -0.464 e. The second kappa shape index (κ2) is 8.40. The van der Waals surface area contributed by atoms with E-state index in [-0.39, 0.29) is 18.0 Å². The number of fused-ring (bicyclic) bond motifs is 1. The monoisotopic (exact) mass is 420 g/mol. The lowest BCUT2D eigenvalue weighted by atomic mass is 9.96. The summed E-state index contributed by atoms with van der Waals surface area (Å²) in [6.07, 6.45) is -3.40. The number of hydrogen-bond donors (Lipinski definition) is 2. The van der Waals surface area contributed by atoms with Crippen molar-refractivity contribution in [1.82, 2.24) is 5.32 Å². The average molecular weight is 420 g/mol. The number of hydrogen-bond acceptors (Lipinski definition) is 9. The van der Waals surface area contributed by atoms with Crippen molar-refractivity contribution in [1.29, 1.82) is 0 Å². The molecule has 1 aromatic carbocycles. The van der Waals surface area contributed by atoms with E-state index < -0.39 is 47.8 Å². The van der Waals surface area contributed by atoms with Gasteiger partial charge >= 0.3 is 5.69 Å². The summed E-state index contributed by atoms with van der Waals surface area (Å²) < 4.78 is 28.3. The van der Waals surface area contributed by atoms with E-state index in [0.717, 1.165) is 0 Å². The minimum atomic E-state index is -1.23. The summed E-state index contributed by atoms with van der Waals surface area (Å²) in [5.74, 6) is -0.0680. The molecule has 6 atom stereocenters. The number of carbonyl (C=O) groups excluding carboxylic acids is 1. The number of nitrogens with one attached hydrogen (secondary N) is 1. The summed E-state index contributed by atoms with van der Waals surface area (Å²) in [5.41, 5.74) is -0.270. The molecule has 0 saturated carbocycles. The highest BCUT2D eigenvalue weighted by Crippen LogP contribution is 2.36. The predicted molar refractivity (Wildman–Crippen MR) is 98.3 cm³/mol. The molecule has 2 saturated heterocycles. The molecule has 2 aliphatic rings. The van der Waals surface area contributed by atoms with Gasteiger partial charge in [-0.1, -0.05) is 12.1 Å². The Bertz CT molecular complexity index is 903. The molecule has 11 nitrogen and oxygen atoms in total. The third kappa shape index (κ3) is 4.00. The molecular formula is C19H20N2O9. The molecule has 2 aromatic rings. The maximum Gasteiger partial charge on any atom is 0.311 e. The molecule has 4 rings (SSSR count). The largest absolute Gasteiger partial charge is 0.464 e. The van der Waals surface area contributed by atoms with Crippen LogP contribution >= 0.6 is 0 Å². The Morgan fingerprint density at radius 1 is 1.27 bits per heavy atom. The number of nitro groups is 1. The molecule has 0 spiro atoms. The van der Waals surface area contributed by atoms with Crippen molar-refractivity contribution in [2.24, 2.45) is 0 Å². The van der Waals surface area contributed by atoms with Crippen molar-refractivity contribution in [3.63, 3.8) is 0 Å². The van der Waals surface area contributed by atoms with E-state index in [1.54, 1.807) is 18.2 Å². The SMILES string of the molecule is CC(=O)NC1C(Oc2ccccc2[N+](=O)[O-])OC2COC(c3ccco3)OC2C1O. The van der Waals surface area contributed by atoms with Gasteiger partial charge in [0.05, 0.1) is 17.8 Å². The van der Waals surface area contributed by atoms with E-state index in [2.05, 4.69) is 5.32 Å². The summed E-state index contributed by atoms with van der Waals surface area (Å²) >= 11 is 0. The van der Waals surface area contributed by atoms with Crippen LogP contribution < -0.4 is 10.1 Å². The Morgan fingerprint density at radius 2 is 2.07 bits per heavy atom. The summed E-state index contributed by atoms with van der Waals surface area (Å²) in [6, 6.07) is 8.07. The van der Waals surface area contributed by atoms with Crippen LogP contribution in [0, 0.1) is 10.1 Å². The molecule has 1 amide bonds. The summed E-state index contributed by atoms with van der Waals surface area (Å²) in [7, 11) is 0. The highest BCUT2D eigenvalue weighted by molar-refractivity contribution is 5.73. The van der Waals surface area contributed by atoms with E-state index in [9.17, 15) is 20.0 Å². The molecule has 30 heavy (non-hydrogen) atoms. The van der Waals surface area contributed by atoms with E-state index in [1.165, 1.54) is 31.4 Å². The molecule has 3 heterocycles. The molecule has 0 bridgehead atoms. The second-order valence-corrected chi connectivity index (χ2v) is 6.88. The molecular weight excluding hydrogens is 400 g/mol. The van der Waals surface area contributed by atoms with Crippen LogP contribution in [0.5, 0.6) is 5.75 Å². The van der Waals surface area contributed by atoms with Gasteiger partial charge in [0, 0.05) is 13.0 Å². The van der Waals surface area contributed by atoms with Crippen molar-refractivity contribution in [3.05, 3.63) is 58.5 Å². The lowest BCUT2D eigenvalue weighted by Gasteiger charge is -2.47. The van der Waals surface area contributed by atoms with E-state index in [1.807, 2.05) is 0 Å². The van der Waals surface area contributed by atoms with Gasteiger partial charge in [0.2, 0.25) is 18.5 Å². The number of ether oxygens (including phenoxy) is 4. The molecule has 0 aliphatic carbocycles. The van der Waals surface area contributed by atoms with E-state index >= 15 is 0 Å². The van der Waals surface area contributed by atoms with Crippen molar-refractivity contribution >= 4 is 11.6 Å². The summed E-state index contributed by atoms with van der Waals surface area (Å²) in [5, 5.41) is 24.8. The molecule has 11 heteroatoms. The highest BCUT2D eigenvalue weighted by Gasteiger charge is 2.51. The number of furan rings is 1. The van der Waals surface area contributed by atoms with Crippen LogP contribution in [0.15, 0.2) is 47.1 Å². The number of para-hydroxylation sites is 2. The molecule has 2 N–H and O–H groups in total. The van der Waals surface area contributed by atoms with Crippen LogP contribution in [0.25, 0.3) is 0 Å². The first-order chi connectivity index (χ1) is 14.4. The first kappa shape index (κ1) is 20.3. The molecule has 6 unspecified atom stereocenters. The standard InChI is InChI=1S/C19H20N2O9/c1-10(22)20-15-16(23)17-14(9-27-18(30-17)13-7-4-8-26-13)29-19(15)28-12-6-3-2-5-11(12)21(24)25/h2-8,14-19,23H,9H2,1H3,(H,20,22). The van der Waals surface area contributed by atoms with Gasteiger partial charge in [-0.15, -0.1) is 0 Å². The number of nitrogens with zero attached hydrogens (tertiary/aromatic N) is 1. The fraction of sp³-hybridized carbons (Fsp3) is 0.421. The van der Waals surface area contributed by atoms with E-state index in [0.29, 0.717) is 5.76 Å². The third-order valence-corrected chi connectivity index (χ3v) is 4.82. The Balaban J connectivity index is 1.57. The third-order valence-electron chi connectivity index (χ3n) is 4.82. The minimum absolute atomic E-state index is 0.0522. The smallest absolute Gasteiger partial charge is 0.311 e. The van der Waals surface area contributed by atoms with Gasteiger partial charge in [0.15, 0.2) is 11.5 Å². The molecule has 2 aliphatic heterocycles. The number of rotatable bonds is 5. The maximum atomic E-state index is 11.7. The van der Waals surface area contributed by atoms with Crippen molar-refractivity contribution in [2.45, 2.75) is 43.9 Å². The van der Waals surface area contributed by atoms with Crippen molar-refractivity contribution < 1.29 is 38.2 Å². The fourth-order valence-corrected chi connectivity index (χ4v) is 3.48. The van der Waals surface area contributed by atoms with E-state index in [4.69, 9.17) is 23.4 Å². The molecule has 1 aromatic heterocycles. The molecule has 2 fully saturated rings. The molecule has 160 valence electrons. The topological polar surface area (TPSA) is 143 Å². The number of benzene rings is 1. The van der Waals surface area contributed by atoms with Crippen LogP contribution in [0.4, 0.5) is 5.69 Å². The van der Waals surface area contributed by atoms with Crippen LogP contribution in [0.2, 0.25) is 0 Å². The van der Waals surface area contributed by atoms with Crippen LogP contribution in [-0.4, -0.2) is 53.2 Å². The quantitative estimate of drug-likeness (QED) is 0.540. The van der Waals surface area contributed by atoms with Gasteiger partial charge < -0.3 is 33.8 Å². The predicted octanol–water partition coefficient (Wildman–Crippen LogP) is 1.27. The number of aliphatic hydroxyl groups excluding tert-OH is 1. The zero-order valence-corrected chi connectivity index (χ0v) is 15.9. The first-order valence-electron chi connectivity index (χ1n) is 9.25. The maximum absolute atomic E-state index is 11.7. The van der Waals surface area contributed by atoms with Gasteiger partial charge in [-0.3, -0.25) is 14.9 Å². The lowest BCUT2D eigenvalue weighted by Crippen LogP contribution is -2.67. The van der Waals surface area contributed by atoms with Gasteiger partial charge in [0.1, 0.15) is 24.4 Å². The Morgan fingerprint density at radius 3 is 2.77 bits per heavy atom. The average Bonchev–Trinajstić information content (AvgIpc) is 3.25. The highest BCUT2D eigenvalue weighted by atomic mass is 16.8. The van der Waals surface area contributed by atoms with Crippen LogP contribution in [-0.2, 0) is 19.0 Å². The van der Waals surface area contributed by atoms with Gasteiger partial charge in [-0.2, -0.15) is 0 Å². The Labute approximate surface area is 170 Å². The number of amides is 1. The summed E-state index contributed by atoms with van der Waals surface area (Å²) in [6.45, 7) is 1.33. The van der Waals surface area contributed by atoms with Gasteiger partial charge in [-0.25, -0.2) is 0 Å². The van der Waals surface area contributed by atoms with Crippen LogP contribution in [0.1, 0.15) is 19.0 Å². The number of aliphatic hydroxyl groups is 1. The van der Waals surface area contributed by atoms with Crippen LogP contribution in [0.3, 0.4) is 0 Å². The zero-order chi connectivity index (χ0) is 21.3. The van der Waals surface area contributed by atoms with Gasteiger partial charge in [-0.05, 0) is 18.2 Å². The number of nitro benzene ring substituents is 1. The Kier molecular flexibility index (Phi) is 5.68. The van der Waals surface area contributed by atoms with Crippen molar-refractivity contribution in [3.8, 4) is 5.75 Å². The lowest BCUT2D eigenvalue weighted by molar-refractivity contribution is -0.387.